The van der Waals surface area contributed by atoms with Crippen LogP contribution in [0.4, 0.5) is 0 Å². The molecular formula is C20H34O2. The predicted molar refractivity (Wildman–Crippen MR) is 96.1 cm³/mol. The van der Waals surface area contributed by atoms with E-state index in [1.54, 1.807) is 0 Å². The Balaban J connectivity index is 3.52. The van der Waals surface area contributed by atoms with Crippen LogP contribution in [-0.2, 0) is 4.79 Å². The van der Waals surface area contributed by atoms with Gasteiger partial charge in [0.15, 0.2) is 0 Å². The molecule has 0 amide bonds. The van der Waals surface area contributed by atoms with E-state index in [4.69, 9.17) is 5.11 Å². The van der Waals surface area contributed by atoms with Crippen molar-refractivity contribution >= 4 is 5.97 Å². The minimum Gasteiger partial charge on any atom is -0.481 e. The van der Waals surface area contributed by atoms with E-state index in [0.717, 1.165) is 38.5 Å². The van der Waals surface area contributed by atoms with Crippen LogP contribution in [-0.4, -0.2) is 11.1 Å². The molecule has 126 valence electrons. The monoisotopic (exact) mass is 306 g/mol. The molecule has 0 aromatic rings. The van der Waals surface area contributed by atoms with E-state index < -0.39 is 5.97 Å². The first-order chi connectivity index (χ1) is 10.7. The molecule has 0 radical (unpaired) electrons. The average molecular weight is 306 g/mol. The van der Waals surface area contributed by atoms with Crippen molar-refractivity contribution in [2.24, 2.45) is 5.92 Å². The molecule has 0 bridgehead atoms. The van der Waals surface area contributed by atoms with E-state index in [0.29, 0.717) is 12.3 Å². The van der Waals surface area contributed by atoms with E-state index in [1.807, 2.05) is 0 Å². The van der Waals surface area contributed by atoms with Crippen molar-refractivity contribution in [3.8, 4) is 0 Å². The fourth-order valence-corrected chi connectivity index (χ4v) is 2.40. The van der Waals surface area contributed by atoms with Crippen molar-refractivity contribution in [2.45, 2.75) is 78.1 Å². The Labute approximate surface area is 137 Å². The number of carboxylic acid groups (broad SMARTS) is 1. The Morgan fingerprint density at radius 1 is 0.909 bits per heavy atom. The van der Waals surface area contributed by atoms with Crippen molar-refractivity contribution in [3.05, 3.63) is 36.5 Å². The lowest BCUT2D eigenvalue weighted by atomic mass is 9.94. The molecule has 0 aliphatic rings. The van der Waals surface area contributed by atoms with Gasteiger partial charge >= 0.3 is 5.97 Å². The molecule has 1 N–H and O–H groups in total. The smallest absolute Gasteiger partial charge is 0.303 e. The molecule has 0 aliphatic carbocycles. The molecule has 0 aliphatic heterocycles. The highest BCUT2D eigenvalue weighted by molar-refractivity contribution is 5.66. The zero-order valence-corrected chi connectivity index (χ0v) is 14.5. The SMILES string of the molecule is CC/C=C\C/C=C\C/C=C\CCCCC(CC)CCC(=O)O. The van der Waals surface area contributed by atoms with Crippen LogP contribution in [0.2, 0.25) is 0 Å². The third-order valence-electron chi connectivity index (χ3n) is 3.86. The third kappa shape index (κ3) is 15.1. The van der Waals surface area contributed by atoms with Crippen LogP contribution < -0.4 is 0 Å². The maximum atomic E-state index is 10.6. The highest BCUT2D eigenvalue weighted by Gasteiger charge is 2.08. The normalized spacial score (nSPS) is 13.5. The molecule has 0 fully saturated rings. The number of unbranched alkanes of at least 4 members (excludes halogenated alkanes) is 2. The van der Waals surface area contributed by atoms with Crippen LogP contribution >= 0.6 is 0 Å². The first kappa shape index (κ1) is 20.7. The first-order valence-corrected chi connectivity index (χ1v) is 8.87. The maximum absolute atomic E-state index is 10.6. The highest BCUT2D eigenvalue weighted by atomic mass is 16.4. The van der Waals surface area contributed by atoms with Crippen LogP contribution in [0.15, 0.2) is 36.5 Å². The predicted octanol–water partition coefficient (Wildman–Crippen LogP) is 6.30. The van der Waals surface area contributed by atoms with Crippen LogP contribution in [0.25, 0.3) is 0 Å². The van der Waals surface area contributed by atoms with Gasteiger partial charge in [-0.15, -0.1) is 0 Å². The molecule has 0 aromatic carbocycles. The van der Waals surface area contributed by atoms with Gasteiger partial charge in [-0.25, -0.2) is 0 Å². The number of aliphatic carboxylic acids is 1. The molecule has 0 heterocycles. The summed E-state index contributed by atoms with van der Waals surface area (Å²) in [5.41, 5.74) is 0. The fourth-order valence-electron chi connectivity index (χ4n) is 2.40. The van der Waals surface area contributed by atoms with Crippen molar-refractivity contribution in [3.63, 3.8) is 0 Å². The zero-order valence-electron chi connectivity index (χ0n) is 14.5. The minimum atomic E-state index is -0.667. The summed E-state index contributed by atoms with van der Waals surface area (Å²) in [7, 11) is 0. The van der Waals surface area contributed by atoms with Crippen LogP contribution in [0.1, 0.15) is 78.1 Å². The summed E-state index contributed by atoms with van der Waals surface area (Å²) >= 11 is 0. The van der Waals surface area contributed by atoms with Crippen LogP contribution in [0, 0.1) is 5.92 Å². The van der Waals surface area contributed by atoms with Gasteiger partial charge in [0.05, 0.1) is 0 Å². The molecule has 2 heteroatoms. The lowest BCUT2D eigenvalue weighted by molar-refractivity contribution is -0.137. The van der Waals surface area contributed by atoms with Crippen LogP contribution in [0.3, 0.4) is 0 Å². The second kappa shape index (κ2) is 16.1. The standard InChI is InChI=1S/C20H34O2/c1-3-5-6-7-8-9-10-11-12-13-14-15-16-19(4-2)17-18-20(21)22/h5-6,8-9,11-12,19H,3-4,7,10,13-18H2,1-2H3,(H,21,22)/b6-5-,9-8-,12-11-. The summed E-state index contributed by atoms with van der Waals surface area (Å²) in [6, 6.07) is 0. The van der Waals surface area contributed by atoms with Gasteiger partial charge in [-0.2, -0.15) is 0 Å². The summed E-state index contributed by atoms with van der Waals surface area (Å²) < 4.78 is 0. The molecule has 0 saturated carbocycles. The Bertz CT molecular complexity index is 340. The average Bonchev–Trinajstić information content (AvgIpc) is 2.51. The Hall–Kier alpha value is -1.31. The summed E-state index contributed by atoms with van der Waals surface area (Å²) in [4.78, 5) is 10.6. The van der Waals surface area contributed by atoms with Crippen molar-refractivity contribution in [1.29, 1.82) is 0 Å². The molecule has 0 saturated heterocycles. The molecule has 1 unspecified atom stereocenters. The Morgan fingerprint density at radius 3 is 2.14 bits per heavy atom. The van der Waals surface area contributed by atoms with Gasteiger partial charge in [0.1, 0.15) is 0 Å². The lowest BCUT2D eigenvalue weighted by Crippen LogP contribution is -2.03. The number of carbonyl (C=O) groups is 1. The number of allylic oxidation sites excluding steroid dienone is 6. The number of hydrogen-bond acceptors (Lipinski definition) is 1. The lowest BCUT2D eigenvalue weighted by Gasteiger charge is -2.12. The summed E-state index contributed by atoms with van der Waals surface area (Å²) in [6.07, 6.45) is 23.5. The van der Waals surface area contributed by atoms with Crippen molar-refractivity contribution < 1.29 is 9.90 Å². The molecule has 0 rings (SSSR count). The second-order valence-corrected chi connectivity index (χ2v) is 5.79. The third-order valence-corrected chi connectivity index (χ3v) is 3.86. The van der Waals surface area contributed by atoms with E-state index in [2.05, 4.69) is 50.3 Å². The number of hydrogen-bond donors (Lipinski definition) is 1. The van der Waals surface area contributed by atoms with E-state index >= 15 is 0 Å². The molecule has 2 nitrogen and oxygen atoms in total. The number of carboxylic acids is 1. The van der Waals surface area contributed by atoms with Gasteiger partial charge in [-0.1, -0.05) is 69.6 Å². The fraction of sp³-hybridized carbons (Fsp3) is 0.650. The largest absolute Gasteiger partial charge is 0.481 e. The Kier molecular flexibility index (Phi) is 15.1. The molecule has 1 atom stereocenters. The summed E-state index contributed by atoms with van der Waals surface area (Å²) in [6.45, 7) is 4.31. The molecule has 0 aromatic heterocycles. The second-order valence-electron chi connectivity index (χ2n) is 5.79. The van der Waals surface area contributed by atoms with Crippen molar-refractivity contribution in [2.75, 3.05) is 0 Å². The van der Waals surface area contributed by atoms with Crippen LogP contribution in [0.5, 0.6) is 0 Å². The van der Waals surface area contributed by atoms with Gasteiger partial charge < -0.3 is 5.11 Å². The summed E-state index contributed by atoms with van der Waals surface area (Å²) in [5, 5.41) is 8.71. The van der Waals surface area contributed by atoms with Gasteiger partial charge in [-0.3, -0.25) is 4.79 Å². The zero-order chi connectivity index (χ0) is 16.5. The quantitative estimate of drug-likeness (QED) is 0.302. The first-order valence-electron chi connectivity index (χ1n) is 8.87. The molecule has 0 spiro atoms. The van der Waals surface area contributed by atoms with Gasteiger partial charge in [0, 0.05) is 6.42 Å². The maximum Gasteiger partial charge on any atom is 0.303 e. The van der Waals surface area contributed by atoms with Gasteiger partial charge in [-0.05, 0) is 44.4 Å². The molecule has 22 heavy (non-hydrogen) atoms. The van der Waals surface area contributed by atoms with E-state index in [1.165, 1.54) is 19.3 Å². The topological polar surface area (TPSA) is 37.3 Å². The highest BCUT2D eigenvalue weighted by Crippen LogP contribution is 2.19. The molecular weight excluding hydrogens is 272 g/mol. The van der Waals surface area contributed by atoms with Gasteiger partial charge in [0.25, 0.3) is 0 Å². The van der Waals surface area contributed by atoms with Crippen molar-refractivity contribution in [1.82, 2.24) is 0 Å². The Morgan fingerprint density at radius 2 is 1.55 bits per heavy atom. The van der Waals surface area contributed by atoms with E-state index in [-0.39, 0.29) is 0 Å². The minimum absolute atomic E-state index is 0.318. The van der Waals surface area contributed by atoms with Gasteiger partial charge in [0.2, 0.25) is 0 Å². The summed E-state index contributed by atoms with van der Waals surface area (Å²) in [5.74, 6) is -0.0844. The number of rotatable bonds is 14. The van der Waals surface area contributed by atoms with E-state index in [9.17, 15) is 4.79 Å².